The van der Waals surface area contributed by atoms with Gasteiger partial charge in [0.2, 0.25) is 0 Å². The van der Waals surface area contributed by atoms with Crippen LogP contribution in [0.25, 0.3) is 0 Å². The van der Waals surface area contributed by atoms with Crippen LogP contribution < -0.4 is 5.32 Å². The van der Waals surface area contributed by atoms with Crippen LogP contribution in [0.5, 0.6) is 0 Å². The van der Waals surface area contributed by atoms with Crippen LogP contribution >= 0.6 is 15.9 Å². The van der Waals surface area contributed by atoms with Crippen molar-refractivity contribution in [1.29, 1.82) is 0 Å². The van der Waals surface area contributed by atoms with E-state index in [0.717, 1.165) is 25.7 Å². The largest absolute Gasteiger partial charge is 0.347 e. The van der Waals surface area contributed by atoms with Crippen molar-refractivity contribution >= 4 is 27.5 Å². The summed E-state index contributed by atoms with van der Waals surface area (Å²) >= 11 is 3.26. The van der Waals surface area contributed by atoms with Gasteiger partial charge in [-0.25, -0.2) is 0 Å². The lowest BCUT2D eigenvalue weighted by atomic mass is 10.00. The Labute approximate surface area is 119 Å². The topological polar surface area (TPSA) is 72.2 Å². The second kappa shape index (κ2) is 5.28. The second-order valence-corrected chi connectivity index (χ2v) is 6.00. The summed E-state index contributed by atoms with van der Waals surface area (Å²) in [5, 5.41) is 13.7. The maximum absolute atomic E-state index is 12.2. The lowest BCUT2D eigenvalue weighted by molar-refractivity contribution is -0.384. The van der Waals surface area contributed by atoms with Crippen molar-refractivity contribution in [2.45, 2.75) is 38.1 Å². The van der Waals surface area contributed by atoms with Gasteiger partial charge in [-0.05, 0) is 41.8 Å². The number of nitrogens with zero attached hydrogens (tertiary/aromatic N) is 1. The highest BCUT2D eigenvalue weighted by Crippen LogP contribution is 2.30. The summed E-state index contributed by atoms with van der Waals surface area (Å²) in [7, 11) is 0. The number of hydrogen-bond acceptors (Lipinski definition) is 3. The average molecular weight is 327 g/mol. The highest BCUT2D eigenvalue weighted by Gasteiger charge is 2.31. The summed E-state index contributed by atoms with van der Waals surface area (Å²) in [4.78, 5) is 22.5. The van der Waals surface area contributed by atoms with Crippen molar-refractivity contribution in [3.05, 3.63) is 38.3 Å². The number of hydrogen-bond donors (Lipinski definition) is 1. The first-order valence-corrected chi connectivity index (χ1v) is 6.97. The molecule has 0 heterocycles. The van der Waals surface area contributed by atoms with Crippen LogP contribution in [-0.4, -0.2) is 16.4 Å². The minimum Gasteiger partial charge on any atom is -0.347 e. The highest BCUT2D eigenvalue weighted by atomic mass is 79.9. The van der Waals surface area contributed by atoms with E-state index in [-0.39, 0.29) is 17.1 Å². The summed E-state index contributed by atoms with van der Waals surface area (Å²) < 4.78 is 0.567. The van der Waals surface area contributed by atoms with Gasteiger partial charge in [-0.1, -0.05) is 12.8 Å². The Morgan fingerprint density at radius 2 is 2.05 bits per heavy atom. The van der Waals surface area contributed by atoms with Crippen molar-refractivity contribution in [2.75, 3.05) is 0 Å². The fourth-order valence-corrected chi connectivity index (χ4v) is 2.85. The number of rotatable bonds is 3. The zero-order valence-corrected chi connectivity index (χ0v) is 12.2. The quantitative estimate of drug-likeness (QED) is 0.683. The maximum Gasteiger partial charge on any atom is 0.270 e. The lowest BCUT2D eigenvalue weighted by Gasteiger charge is -2.25. The maximum atomic E-state index is 12.2. The summed E-state index contributed by atoms with van der Waals surface area (Å²) in [6, 6.07) is 4.21. The molecule has 102 valence electrons. The van der Waals surface area contributed by atoms with Crippen molar-refractivity contribution in [2.24, 2.45) is 0 Å². The fraction of sp³-hybridized carbons (Fsp3) is 0.462. The number of carbonyl (C=O) groups is 1. The Morgan fingerprint density at radius 1 is 1.42 bits per heavy atom. The van der Waals surface area contributed by atoms with Gasteiger partial charge in [0, 0.05) is 22.1 Å². The number of benzene rings is 1. The molecule has 0 aromatic heterocycles. The number of carbonyl (C=O) groups excluding carboxylic acids is 1. The lowest BCUT2D eigenvalue weighted by Crippen LogP contribution is -2.43. The summed E-state index contributed by atoms with van der Waals surface area (Å²) in [6.07, 6.45) is 4.11. The Morgan fingerprint density at radius 3 is 2.63 bits per heavy atom. The SMILES string of the molecule is CC1(NC(=O)c2cc([N+](=O)[O-])ccc2Br)CCCC1. The van der Waals surface area contributed by atoms with E-state index < -0.39 is 4.92 Å². The molecule has 0 radical (unpaired) electrons. The zero-order chi connectivity index (χ0) is 14.0. The molecule has 0 unspecified atom stereocenters. The third-order valence-electron chi connectivity index (χ3n) is 3.53. The van der Waals surface area contributed by atoms with Crippen LogP contribution in [0.15, 0.2) is 22.7 Å². The molecule has 2 rings (SSSR count). The van der Waals surface area contributed by atoms with Gasteiger partial charge in [0.25, 0.3) is 11.6 Å². The van der Waals surface area contributed by atoms with Gasteiger partial charge < -0.3 is 5.32 Å². The third kappa shape index (κ3) is 3.12. The first-order valence-electron chi connectivity index (χ1n) is 6.18. The van der Waals surface area contributed by atoms with Crippen LogP contribution in [0.4, 0.5) is 5.69 Å². The molecule has 0 bridgehead atoms. The van der Waals surface area contributed by atoms with E-state index in [1.807, 2.05) is 6.92 Å². The van der Waals surface area contributed by atoms with Gasteiger partial charge in [0.1, 0.15) is 0 Å². The van der Waals surface area contributed by atoms with Crippen LogP contribution in [0.3, 0.4) is 0 Å². The summed E-state index contributed by atoms with van der Waals surface area (Å²) in [5.41, 5.74) is 0.0356. The van der Waals surface area contributed by atoms with E-state index in [1.165, 1.54) is 18.2 Å². The Balaban J connectivity index is 2.23. The van der Waals surface area contributed by atoms with Gasteiger partial charge in [-0.15, -0.1) is 0 Å². The zero-order valence-electron chi connectivity index (χ0n) is 10.6. The average Bonchev–Trinajstić information content (AvgIpc) is 2.75. The number of halogens is 1. The van der Waals surface area contributed by atoms with E-state index in [1.54, 1.807) is 0 Å². The molecule has 5 nitrogen and oxygen atoms in total. The molecular weight excluding hydrogens is 312 g/mol. The molecule has 1 saturated carbocycles. The van der Waals surface area contributed by atoms with Gasteiger partial charge >= 0.3 is 0 Å². The van der Waals surface area contributed by atoms with E-state index >= 15 is 0 Å². The minimum atomic E-state index is -0.500. The molecule has 0 spiro atoms. The molecule has 1 amide bonds. The molecule has 1 N–H and O–H groups in total. The molecule has 1 aromatic rings. The van der Waals surface area contributed by atoms with Gasteiger partial charge in [-0.2, -0.15) is 0 Å². The number of nitro benzene ring substituents is 1. The Kier molecular flexibility index (Phi) is 3.89. The molecule has 0 atom stereocenters. The van der Waals surface area contributed by atoms with Crippen molar-refractivity contribution in [3.63, 3.8) is 0 Å². The summed E-state index contributed by atoms with van der Waals surface area (Å²) in [5.74, 6) is -0.264. The molecule has 1 aliphatic rings. The van der Waals surface area contributed by atoms with Gasteiger partial charge in [-0.3, -0.25) is 14.9 Å². The van der Waals surface area contributed by atoms with E-state index in [2.05, 4.69) is 21.2 Å². The monoisotopic (exact) mass is 326 g/mol. The van der Waals surface area contributed by atoms with Crippen LogP contribution in [0.1, 0.15) is 43.0 Å². The first-order chi connectivity index (χ1) is 8.91. The first kappa shape index (κ1) is 14.0. The number of nitro groups is 1. The highest BCUT2D eigenvalue weighted by molar-refractivity contribution is 9.10. The normalized spacial score (nSPS) is 17.2. The molecular formula is C13H15BrN2O3. The molecule has 19 heavy (non-hydrogen) atoms. The van der Waals surface area contributed by atoms with E-state index in [0.29, 0.717) is 10.0 Å². The number of nitrogens with one attached hydrogen (secondary N) is 1. The predicted molar refractivity (Wildman–Crippen MR) is 75.1 cm³/mol. The number of amides is 1. The van der Waals surface area contributed by atoms with Crippen LogP contribution in [-0.2, 0) is 0 Å². The van der Waals surface area contributed by atoms with E-state index in [4.69, 9.17) is 0 Å². The molecule has 6 heteroatoms. The second-order valence-electron chi connectivity index (χ2n) is 5.14. The molecule has 1 fully saturated rings. The van der Waals surface area contributed by atoms with Crippen molar-refractivity contribution < 1.29 is 9.72 Å². The molecule has 0 aliphatic heterocycles. The molecule has 1 aromatic carbocycles. The van der Waals surface area contributed by atoms with Crippen molar-refractivity contribution in [3.8, 4) is 0 Å². The third-order valence-corrected chi connectivity index (χ3v) is 4.22. The van der Waals surface area contributed by atoms with Crippen LogP contribution in [0.2, 0.25) is 0 Å². The van der Waals surface area contributed by atoms with Crippen LogP contribution in [0, 0.1) is 10.1 Å². The number of non-ortho nitro benzene ring substituents is 1. The van der Waals surface area contributed by atoms with Gasteiger partial charge in [0.05, 0.1) is 10.5 Å². The Bertz CT molecular complexity index is 525. The summed E-state index contributed by atoms with van der Waals surface area (Å²) in [6.45, 7) is 2.02. The fourth-order valence-electron chi connectivity index (χ4n) is 2.42. The molecule has 1 aliphatic carbocycles. The Hall–Kier alpha value is -1.43. The van der Waals surface area contributed by atoms with E-state index in [9.17, 15) is 14.9 Å². The minimum absolute atomic E-state index is 0.0788. The molecule has 0 saturated heterocycles. The predicted octanol–water partition coefficient (Wildman–Crippen LogP) is 3.42. The van der Waals surface area contributed by atoms with Crippen molar-refractivity contribution in [1.82, 2.24) is 5.32 Å². The smallest absolute Gasteiger partial charge is 0.270 e. The van der Waals surface area contributed by atoms with Gasteiger partial charge in [0.15, 0.2) is 0 Å². The standard InChI is InChI=1S/C13H15BrN2O3/c1-13(6-2-3-7-13)15-12(17)10-8-9(16(18)19)4-5-11(10)14/h4-5,8H,2-3,6-7H2,1H3,(H,15,17).